The van der Waals surface area contributed by atoms with Gasteiger partial charge < -0.3 is 10.5 Å². The Hall–Kier alpha value is -1.51. The number of amides is 1. The Labute approximate surface area is 71.1 Å². The highest BCUT2D eigenvalue weighted by atomic mass is 16.5. The van der Waals surface area contributed by atoms with E-state index in [9.17, 15) is 4.79 Å². The minimum atomic E-state index is -0.434. The maximum Gasteiger partial charge on any atom is 0.248 e. The Morgan fingerprint density at radius 3 is 2.92 bits per heavy atom. The molecule has 0 unspecified atom stereocenters. The number of carbonyl (C=O) groups excluding carboxylic acids is 1. The first-order valence-electron chi connectivity index (χ1n) is 3.76. The van der Waals surface area contributed by atoms with Crippen molar-refractivity contribution in [1.82, 2.24) is 0 Å². The predicted octanol–water partition coefficient (Wildman–Crippen LogP) is 1.18. The lowest BCUT2D eigenvalue weighted by Gasteiger charge is -2.02. The van der Waals surface area contributed by atoms with Crippen LogP contribution in [0, 0.1) is 0 Å². The fourth-order valence-corrected chi connectivity index (χ4v) is 0.906. The van der Waals surface area contributed by atoms with Crippen molar-refractivity contribution in [2.24, 2.45) is 5.73 Å². The van der Waals surface area contributed by atoms with E-state index < -0.39 is 5.91 Å². The molecule has 0 heterocycles. The second-order valence-electron chi connectivity index (χ2n) is 2.33. The topological polar surface area (TPSA) is 52.3 Å². The average Bonchev–Trinajstić information content (AvgIpc) is 2.05. The number of carbonyl (C=O) groups is 1. The standard InChI is InChI=1S/C9H11NO2/c1-2-12-8-5-3-4-7(6-8)9(10)11/h3-6H,2H2,1H3,(H2,10,11). The third kappa shape index (κ3) is 1.99. The first-order chi connectivity index (χ1) is 5.74. The molecule has 0 aliphatic heterocycles. The molecule has 0 aliphatic rings. The minimum Gasteiger partial charge on any atom is -0.494 e. The summed E-state index contributed by atoms with van der Waals surface area (Å²) in [6.45, 7) is 2.47. The summed E-state index contributed by atoms with van der Waals surface area (Å²) >= 11 is 0. The third-order valence-corrected chi connectivity index (χ3v) is 1.43. The Balaban J connectivity index is 2.88. The fraction of sp³-hybridized carbons (Fsp3) is 0.222. The van der Waals surface area contributed by atoms with Gasteiger partial charge in [0.15, 0.2) is 0 Å². The smallest absolute Gasteiger partial charge is 0.248 e. The zero-order chi connectivity index (χ0) is 8.97. The molecule has 3 nitrogen and oxygen atoms in total. The maximum absolute atomic E-state index is 10.7. The van der Waals surface area contributed by atoms with Gasteiger partial charge in [-0.05, 0) is 25.1 Å². The number of hydrogen-bond acceptors (Lipinski definition) is 2. The number of rotatable bonds is 3. The van der Waals surface area contributed by atoms with Gasteiger partial charge in [0.25, 0.3) is 0 Å². The van der Waals surface area contributed by atoms with Gasteiger partial charge in [-0.15, -0.1) is 0 Å². The van der Waals surface area contributed by atoms with Gasteiger partial charge in [-0.1, -0.05) is 6.07 Å². The number of hydrogen-bond donors (Lipinski definition) is 1. The van der Waals surface area contributed by atoms with Crippen molar-refractivity contribution in [2.45, 2.75) is 6.92 Å². The monoisotopic (exact) mass is 165 g/mol. The van der Waals surface area contributed by atoms with E-state index in [-0.39, 0.29) is 0 Å². The van der Waals surface area contributed by atoms with Crippen LogP contribution in [0.25, 0.3) is 0 Å². The summed E-state index contributed by atoms with van der Waals surface area (Å²) < 4.78 is 5.19. The van der Waals surface area contributed by atoms with Crippen molar-refractivity contribution in [1.29, 1.82) is 0 Å². The molecule has 3 heteroatoms. The van der Waals surface area contributed by atoms with Gasteiger partial charge in [-0.2, -0.15) is 0 Å². The van der Waals surface area contributed by atoms with Gasteiger partial charge >= 0.3 is 0 Å². The second-order valence-corrected chi connectivity index (χ2v) is 2.33. The van der Waals surface area contributed by atoms with Gasteiger partial charge in [-0.25, -0.2) is 0 Å². The molecular weight excluding hydrogens is 154 g/mol. The summed E-state index contributed by atoms with van der Waals surface area (Å²) in [5.41, 5.74) is 5.56. The Morgan fingerprint density at radius 2 is 2.33 bits per heavy atom. The first kappa shape index (κ1) is 8.59. The summed E-state index contributed by atoms with van der Waals surface area (Å²) in [5.74, 6) is 0.241. The molecule has 1 rings (SSSR count). The Morgan fingerprint density at radius 1 is 1.58 bits per heavy atom. The van der Waals surface area contributed by atoms with E-state index in [0.29, 0.717) is 17.9 Å². The molecule has 0 fully saturated rings. The molecule has 1 amide bonds. The van der Waals surface area contributed by atoms with Gasteiger partial charge in [0.1, 0.15) is 5.75 Å². The molecule has 1 aromatic rings. The van der Waals surface area contributed by atoms with Crippen molar-refractivity contribution in [2.75, 3.05) is 6.61 Å². The van der Waals surface area contributed by atoms with E-state index in [1.807, 2.05) is 6.92 Å². The second kappa shape index (κ2) is 3.76. The van der Waals surface area contributed by atoms with Gasteiger partial charge in [0.2, 0.25) is 5.91 Å². The quantitative estimate of drug-likeness (QED) is 0.731. The number of nitrogens with two attached hydrogens (primary N) is 1. The van der Waals surface area contributed by atoms with Crippen molar-refractivity contribution < 1.29 is 9.53 Å². The van der Waals surface area contributed by atoms with E-state index in [1.54, 1.807) is 24.3 Å². The Kier molecular flexibility index (Phi) is 2.69. The molecule has 64 valence electrons. The normalized spacial score (nSPS) is 9.42. The van der Waals surface area contributed by atoms with Crippen molar-refractivity contribution >= 4 is 5.91 Å². The van der Waals surface area contributed by atoms with Gasteiger partial charge in [-0.3, -0.25) is 4.79 Å². The van der Waals surface area contributed by atoms with E-state index in [2.05, 4.69) is 0 Å². The highest BCUT2D eigenvalue weighted by Gasteiger charge is 2.00. The van der Waals surface area contributed by atoms with Crippen LogP contribution in [0.5, 0.6) is 5.75 Å². The third-order valence-electron chi connectivity index (χ3n) is 1.43. The van der Waals surface area contributed by atoms with Crippen LogP contribution in [0.15, 0.2) is 24.3 Å². The summed E-state index contributed by atoms with van der Waals surface area (Å²) in [5, 5.41) is 0. The van der Waals surface area contributed by atoms with Crippen LogP contribution in [0.3, 0.4) is 0 Å². The zero-order valence-electron chi connectivity index (χ0n) is 6.91. The minimum absolute atomic E-state index is 0.434. The molecule has 0 aliphatic carbocycles. The zero-order valence-corrected chi connectivity index (χ0v) is 6.91. The van der Waals surface area contributed by atoms with Crippen LogP contribution in [0.2, 0.25) is 0 Å². The Bertz CT molecular complexity index is 284. The lowest BCUT2D eigenvalue weighted by Crippen LogP contribution is -2.10. The van der Waals surface area contributed by atoms with Crippen LogP contribution in [-0.2, 0) is 0 Å². The molecule has 0 aromatic heterocycles. The van der Waals surface area contributed by atoms with E-state index in [0.717, 1.165) is 0 Å². The van der Waals surface area contributed by atoms with Crippen LogP contribution in [0.1, 0.15) is 17.3 Å². The number of ether oxygens (including phenoxy) is 1. The molecule has 0 bridgehead atoms. The summed E-state index contributed by atoms with van der Waals surface area (Å²) in [4.78, 5) is 10.7. The lowest BCUT2D eigenvalue weighted by molar-refractivity contribution is 0.1000. The molecule has 0 spiro atoms. The van der Waals surface area contributed by atoms with Crippen molar-refractivity contribution in [3.05, 3.63) is 29.8 Å². The molecule has 0 saturated carbocycles. The van der Waals surface area contributed by atoms with E-state index >= 15 is 0 Å². The van der Waals surface area contributed by atoms with Crippen molar-refractivity contribution in [3.8, 4) is 5.75 Å². The fourth-order valence-electron chi connectivity index (χ4n) is 0.906. The van der Waals surface area contributed by atoms with Crippen molar-refractivity contribution in [3.63, 3.8) is 0 Å². The molecule has 0 atom stereocenters. The maximum atomic E-state index is 10.7. The van der Waals surface area contributed by atoms with Crippen LogP contribution in [-0.4, -0.2) is 12.5 Å². The van der Waals surface area contributed by atoms with Crippen LogP contribution in [0.4, 0.5) is 0 Å². The summed E-state index contributed by atoms with van der Waals surface area (Å²) in [6.07, 6.45) is 0. The predicted molar refractivity (Wildman–Crippen MR) is 46.1 cm³/mol. The molecule has 1 aromatic carbocycles. The molecule has 0 radical (unpaired) electrons. The molecule has 2 N–H and O–H groups in total. The number of primary amides is 1. The molecule has 0 saturated heterocycles. The summed E-state index contributed by atoms with van der Waals surface area (Å²) in [6, 6.07) is 6.82. The lowest BCUT2D eigenvalue weighted by atomic mass is 10.2. The van der Waals surface area contributed by atoms with Crippen LogP contribution >= 0.6 is 0 Å². The van der Waals surface area contributed by atoms with Gasteiger partial charge in [0.05, 0.1) is 6.61 Å². The largest absolute Gasteiger partial charge is 0.494 e. The highest BCUT2D eigenvalue weighted by molar-refractivity contribution is 5.93. The molecular formula is C9H11NO2. The van der Waals surface area contributed by atoms with E-state index in [4.69, 9.17) is 10.5 Å². The first-order valence-corrected chi connectivity index (χ1v) is 3.76. The molecule has 12 heavy (non-hydrogen) atoms. The van der Waals surface area contributed by atoms with E-state index in [1.165, 1.54) is 0 Å². The highest BCUT2D eigenvalue weighted by Crippen LogP contribution is 2.12. The number of benzene rings is 1. The average molecular weight is 165 g/mol. The SMILES string of the molecule is CCOc1cccc(C(N)=O)c1. The summed E-state index contributed by atoms with van der Waals surface area (Å²) in [7, 11) is 0. The van der Waals surface area contributed by atoms with Gasteiger partial charge in [0, 0.05) is 5.56 Å². The van der Waals surface area contributed by atoms with Crippen LogP contribution < -0.4 is 10.5 Å².